The molecule has 0 saturated heterocycles. The van der Waals surface area contributed by atoms with Crippen LogP contribution in [0.25, 0.3) is 11.0 Å². The standard InChI is InChI=1S/C8HCl3FN3O2/c9-4-2(12)1-3-5(6(4)15(16)17)14-8(11)7(10)13-3/h1H. The molecular formula is C8HCl3FN3O2. The van der Waals surface area contributed by atoms with Crippen molar-refractivity contribution in [3.8, 4) is 0 Å². The predicted octanol–water partition coefficient (Wildman–Crippen LogP) is 3.64. The number of hydrogen-bond donors (Lipinski definition) is 0. The van der Waals surface area contributed by atoms with Gasteiger partial charge in [0.05, 0.1) is 4.92 Å². The maximum Gasteiger partial charge on any atom is 0.318 e. The van der Waals surface area contributed by atoms with E-state index in [1.54, 1.807) is 0 Å². The van der Waals surface area contributed by atoms with Crippen LogP contribution in [0, 0.1) is 15.9 Å². The topological polar surface area (TPSA) is 68.9 Å². The average molecular weight is 296 g/mol. The second-order valence-corrected chi connectivity index (χ2v) is 4.05. The van der Waals surface area contributed by atoms with Crippen LogP contribution in [0.3, 0.4) is 0 Å². The second-order valence-electron chi connectivity index (χ2n) is 2.95. The molecule has 0 fully saturated rings. The van der Waals surface area contributed by atoms with E-state index in [1.807, 2.05) is 0 Å². The normalized spacial score (nSPS) is 10.8. The van der Waals surface area contributed by atoms with Crippen molar-refractivity contribution in [1.82, 2.24) is 9.97 Å². The van der Waals surface area contributed by atoms with Crippen molar-refractivity contribution >= 4 is 51.5 Å². The van der Waals surface area contributed by atoms with Crippen LogP contribution in [0.4, 0.5) is 10.1 Å². The Morgan fingerprint density at radius 3 is 2.41 bits per heavy atom. The molecule has 17 heavy (non-hydrogen) atoms. The van der Waals surface area contributed by atoms with Crippen molar-refractivity contribution in [2.45, 2.75) is 0 Å². The minimum atomic E-state index is -0.974. The van der Waals surface area contributed by atoms with Crippen molar-refractivity contribution in [2.24, 2.45) is 0 Å². The number of fused-ring (bicyclic) bond motifs is 1. The molecule has 1 heterocycles. The molecule has 0 unspecified atom stereocenters. The number of benzene rings is 1. The molecule has 1 aromatic carbocycles. The highest BCUT2D eigenvalue weighted by Gasteiger charge is 2.24. The van der Waals surface area contributed by atoms with Gasteiger partial charge in [0.1, 0.15) is 5.52 Å². The van der Waals surface area contributed by atoms with Crippen molar-refractivity contribution in [3.63, 3.8) is 0 Å². The molecule has 88 valence electrons. The Morgan fingerprint density at radius 1 is 1.24 bits per heavy atom. The Labute approximate surface area is 108 Å². The van der Waals surface area contributed by atoms with Crippen LogP contribution in [0.5, 0.6) is 0 Å². The van der Waals surface area contributed by atoms with Gasteiger partial charge in [0.25, 0.3) is 0 Å². The number of rotatable bonds is 1. The minimum Gasteiger partial charge on any atom is -0.258 e. The molecule has 0 aliphatic carbocycles. The van der Waals surface area contributed by atoms with E-state index < -0.39 is 21.5 Å². The Morgan fingerprint density at radius 2 is 1.82 bits per heavy atom. The van der Waals surface area contributed by atoms with Gasteiger partial charge in [-0.15, -0.1) is 0 Å². The fraction of sp³-hybridized carbons (Fsp3) is 0. The zero-order valence-corrected chi connectivity index (χ0v) is 10.0. The van der Waals surface area contributed by atoms with E-state index in [1.165, 1.54) is 0 Å². The van der Waals surface area contributed by atoms with Gasteiger partial charge in [-0.3, -0.25) is 10.1 Å². The fourth-order valence-corrected chi connectivity index (χ4v) is 1.72. The van der Waals surface area contributed by atoms with Gasteiger partial charge >= 0.3 is 5.69 Å². The Kier molecular flexibility index (Phi) is 3.03. The third-order valence-electron chi connectivity index (χ3n) is 1.93. The molecule has 0 spiro atoms. The Balaban J connectivity index is 2.98. The molecule has 0 bridgehead atoms. The van der Waals surface area contributed by atoms with E-state index in [-0.39, 0.29) is 21.3 Å². The average Bonchev–Trinajstić information content (AvgIpc) is 2.23. The molecule has 0 radical (unpaired) electrons. The van der Waals surface area contributed by atoms with Crippen LogP contribution in [0.2, 0.25) is 15.3 Å². The van der Waals surface area contributed by atoms with E-state index in [0.717, 1.165) is 6.07 Å². The highest BCUT2D eigenvalue weighted by Crippen LogP contribution is 2.35. The van der Waals surface area contributed by atoms with Gasteiger partial charge in [-0.05, 0) is 0 Å². The van der Waals surface area contributed by atoms with Crippen LogP contribution >= 0.6 is 34.8 Å². The van der Waals surface area contributed by atoms with E-state index in [9.17, 15) is 14.5 Å². The Bertz CT molecular complexity index is 644. The lowest BCUT2D eigenvalue weighted by Gasteiger charge is -2.03. The largest absolute Gasteiger partial charge is 0.318 e. The fourth-order valence-electron chi connectivity index (χ4n) is 1.25. The maximum absolute atomic E-state index is 13.3. The molecule has 0 aliphatic rings. The first-order valence-electron chi connectivity index (χ1n) is 4.07. The van der Waals surface area contributed by atoms with Gasteiger partial charge in [0.2, 0.25) is 0 Å². The summed E-state index contributed by atoms with van der Waals surface area (Å²) in [5.74, 6) is -0.974. The zero-order valence-electron chi connectivity index (χ0n) is 7.75. The first-order chi connectivity index (χ1) is 7.91. The lowest BCUT2D eigenvalue weighted by Crippen LogP contribution is -1.97. The van der Waals surface area contributed by atoms with Crippen LogP contribution < -0.4 is 0 Å². The summed E-state index contributed by atoms with van der Waals surface area (Å²) in [7, 11) is 0. The smallest absolute Gasteiger partial charge is 0.258 e. The Hall–Kier alpha value is -1.24. The number of halogens is 4. The highest BCUT2D eigenvalue weighted by atomic mass is 35.5. The summed E-state index contributed by atoms with van der Waals surface area (Å²) in [5, 5.41) is 9.76. The van der Waals surface area contributed by atoms with Gasteiger partial charge < -0.3 is 0 Å². The number of aromatic nitrogens is 2. The van der Waals surface area contributed by atoms with Gasteiger partial charge in [-0.2, -0.15) is 0 Å². The van der Waals surface area contributed by atoms with Crippen molar-refractivity contribution in [3.05, 3.63) is 37.3 Å². The molecule has 2 rings (SSSR count). The lowest BCUT2D eigenvalue weighted by molar-refractivity contribution is -0.383. The molecule has 9 heteroatoms. The zero-order chi connectivity index (χ0) is 12.7. The van der Waals surface area contributed by atoms with Crippen molar-refractivity contribution in [1.29, 1.82) is 0 Å². The summed E-state index contributed by atoms with van der Waals surface area (Å²) >= 11 is 16.7. The third-order valence-corrected chi connectivity index (χ3v) is 2.91. The van der Waals surface area contributed by atoms with Gasteiger partial charge in [-0.1, -0.05) is 34.8 Å². The molecule has 5 nitrogen and oxygen atoms in total. The van der Waals surface area contributed by atoms with Gasteiger partial charge in [0, 0.05) is 6.07 Å². The monoisotopic (exact) mass is 295 g/mol. The molecule has 0 atom stereocenters. The van der Waals surface area contributed by atoms with Crippen molar-refractivity contribution < 1.29 is 9.31 Å². The summed E-state index contributed by atoms with van der Waals surface area (Å²) in [4.78, 5) is 17.3. The maximum atomic E-state index is 13.3. The SMILES string of the molecule is O=[N+]([O-])c1c(Cl)c(F)cc2nc(Cl)c(Cl)nc12. The van der Waals surface area contributed by atoms with E-state index >= 15 is 0 Å². The van der Waals surface area contributed by atoms with Gasteiger partial charge in [-0.25, -0.2) is 14.4 Å². The molecule has 1 aromatic heterocycles. The van der Waals surface area contributed by atoms with Crippen LogP contribution in [0.1, 0.15) is 0 Å². The minimum absolute atomic E-state index is 0.0898. The van der Waals surface area contributed by atoms with Gasteiger partial charge in [0.15, 0.2) is 26.7 Å². The number of nitrogens with zero attached hydrogens (tertiary/aromatic N) is 3. The summed E-state index contributed by atoms with van der Waals surface area (Å²) in [6.07, 6.45) is 0. The van der Waals surface area contributed by atoms with Crippen LogP contribution in [-0.4, -0.2) is 14.9 Å². The highest BCUT2D eigenvalue weighted by molar-refractivity contribution is 6.41. The summed E-state index contributed by atoms with van der Waals surface area (Å²) in [5.41, 5.74) is -0.989. The second kappa shape index (κ2) is 4.21. The number of nitro groups is 1. The quantitative estimate of drug-likeness (QED) is 0.595. The van der Waals surface area contributed by atoms with E-state index in [0.29, 0.717) is 0 Å². The summed E-state index contributed by atoms with van der Waals surface area (Å²) < 4.78 is 13.3. The molecule has 0 saturated carbocycles. The number of hydrogen-bond acceptors (Lipinski definition) is 4. The molecular weight excluding hydrogens is 295 g/mol. The first kappa shape index (κ1) is 12.2. The van der Waals surface area contributed by atoms with Crippen molar-refractivity contribution in [2.75, 3.05) is 0 Å². The van der Waals surface area contributed by atoms with Crippen LogP contribution in [0.15, 0.2) is 6.07 Å². The molecule has 0 aliphatic heterocycles. The summed E-state index contributed by atoms with van der Waals surface area (Å²) in [6.45, 7) is 0. The lowest BCUT2D eigenvalue weighted by atomic mass is 10.2. The molecule has 2 aromatic rings. The van der Waals surface area contributed by atoms with E-state index in [4.69, 9.17) is 34.8 Å². The molecule has 0 N–H and O–H groups in total. The van der Waals surface area contributed by atoms with Crippen LogP contribution in [-0.2, 0) is 0 Å². The van der Waals surface area contributed by atoms with E-state index in [2.05, 4.69) is 9.97 Å². The predicted molar refractivity (Wildman–Crippen MR) is 61.2 cm³/mol. The molecule has 0 amide bonds. The summed E-state index contributed by atoms with van der Waals surface area (Å²) in [6, 6.07) is 0.903. The first-order valence-corrected chi connectivity index (χ1v) is 5.20. The number of nitro benzene ring substituents is 1. The third kappa shape index (κ3) is 1.99.